The number of rotatable bonds is 7. The molecule has 0 aliphatic carbocycles. The Bertz CT molecular complexity index is 1490. The largest absolute Gasteiger partial charge is 0.466 e. The molecule has 10 heteroatoms. The number of aromatic nitrogens is 3. The zero-order valence-electron chi connectivity index (χ0n) is 20.8. The summed E-state index contributed by atoms with van der Waals surface area (Å²) in [4.78, 5) is 30.5. The Morgan fingerprint density at radius 2 is 1.97 bits per heavy atom. The molecule has 0 saturated carbocycles. The van der Waals surface area contributed by atoms with E-state index in [1.54, 1.807) is 0 Å². The first-order valence-electron chi connectivity index (χ1n) is 12.1. The van der Waals surface area contributed by atoms with E-state index in [0.717, 1.165) is 34.5 Å². The maximum Gasteiger partial charge on any atom is 0.302 e. The first-order chi connectivity index (χ1) is 17.7. The quantitative estimate of drug-likeness (QED) is 0.245. The zero-order valence-corrected chi connectivity index (χ0v) is 20.8. The van der Waals surface area contributed by atoms with Crippen LogP contribution in [0.25, 0.3) is 22.2 Å². The number of anilines is 1. The molecule has 2 aromatic heterocycles. The minimum atomic E-state index is -1.02. The molecule has 1 aliphatic heterocycles. The molecule has 1 fully saturated rings. The Morgan fingerprint density at radius 3 is 2.68 bits per heavy atom. The number of carbonyl (C=O) groups excluding carboxylic acids is 2. The second-order valence-corrected chi connectivity index (χ2v) is 9.13. The minimum Gasteiger partial charge on any atom is -0.466 e. The fourth-order valence-electron chi connectivity index (χ4n) is 5.01. The summed E-state index contributed by atoms with van der Waals surface area (Å²) in [5.74, 6) is -1.21. The van der Waals surface area contributed by atoms with Gasteiger partial charge in [-0.3, -0.25) is 9.59 Å². The molecule has 5 rings (SSSR count). The number of halogens is 2. The summed E-state index contributed by atoms with van der Waals surface area (Å²) < 4.78 is 40.1. The summed E-state index contributed by atoms with van der Waals surface area (Å²) in [5.41, 5.74) is 4.40. The third-order valence-electron chi connectivity index (χ3n) is 6.62. The van der Waals surface area contributed by atoms with Crippen LogP contribution in [0.5, 0.6) is 0 Å². The summed E-state index contributed by atoms with van der Waals surface area (Å²) in [6.07, 6.45) is 1.27. The summed E-state index contributed by atoms with van der Waals surface area (Å²) in [5, 5.41) is 4.04. The van der Waals surface area contributed by atoms with Crippen LogP contribution < -0.4 is 4.90 Å². The maximum absolute atomic E-state index is 14.1. The number of fused-ring (bicyclic) bond motifs is 1. The number of aryl methyl sites for hydroxylation is 3. The molecule has 0 spiro atoms. The van der Waals surface area contributed by atoms with E-state index >= 15 is 0 Å². The molecule has 8 nitrogen and oxygen atoms in total. The molecule has 192 valence electrons. The van der Waals surface area contributed by atoms with Crippen molar-refractivity contribution in [2.24, 2.45) is 0 Å². The van der Waals surface area contributed by atoms with Crippen molar-refractivity contribution in [3.63, 3.8) is 0 Å². The predicted molar refractivity (Wildman–Crippen MR) is 132 cm³/mol. The highest BCUT2D eigenvalue weighted by atomic mass is 19.2. The maximum atomic E-state index is 14.1. The molecule has 37 heavy (non-hydrogen) atoms. The van der Waals surface area contributed by atoms with E-state index in [-0.39, 0.29) is 30.6 Å². The lowest BCUT2D eigenvalue weighted by Crippen LogP contribution is -2.29. The number of esters is 1. The summed E-state index contributed by atoms with van der Waals surface area (Å²) in [6, 6.07) is 8.86. The van der Waals surface area contributed by atoms with Crippen LogP contribution in [0, 0.1) is 25.5 Å². The normalized spacial score (nSPS) is 15.6. The van der Waals surface area contributed by atoms with Gasteiger partial charge in [0.15, 0.2) is 11.6 Å². The molecule has 4 aromatic rings. The molecule has 2 aromatic carbocycles. The number of hydrogen-bond acceptors (Lipinski definition) is 6. The molecule has 1 amide bonds. The van der Waals surface area contributed by atoms with Gasteiger partial charge < -0.3 is 18.7 Å². The van der Waals surface area contributed by atoms with Crippen molar-refractivity contribution in [3.8, 4) is 11.1 Å². The third kappa shape index (κ3) is 4.59. The number of carbonyl (C=O) groups is 2. The standard InChI is InChI=1S/C27H26F2N4O4/c1-15-26(16(2)37-31-15)18-5-8-23-22(13-18)30-27(32(23)11-4-12-36-17(3)34)24-9-10-25(35)33(24)19-6-7-20(28)21(29)14-19/h5-8,13-14,24H,4,9-12H2,1-3H3/t24-/m0/s1. The Kier molecular flexibility index (Phi) is 6.49. The van der Waals surface area contributed by atoms with Crippen LogP contribution in [-0.2, 0) is 20.9 Å². The van der Waals surface area contributed by atoms with Crippen LogP contribution in [0.15, 0.2) is 40.9 Å². The highest BCUT2D eigenvalue weighted by Crippen LogP contribution is 2.39. The van der Waals surface area contributed by atoms with Gasteiger partial charge in [0.1, 0.15) is 11.6 Å². The second kappa shape index (κ2) is 9.76. The number of ether oxygens (including phenoxy) is 1. The van der Waals surface area contributed by atoms with Crippen LogP contribution in [0.1, 0.15) is 49.5 Å². The van der Waals surface area contributed by atoms with Crippen molar-refractivity contribution in [3.05, 3.63) is 65.3 Å². The lowest BCUT2D eigenvalue weighted by atomic mass is 10.0. The minimum absolute atomic E-state index is 0.189. The van der Waals surface area contributed by atoms with E-state index in [1.165, 1.54) is 17.9 Å². The first-order valence-corrected chi connectivity index (χ1v) is 12.1. The second-order valence-electron chi connectivity index (χ2n) is 9.13. The number of benzene rings is 2. The van der Waals surface area contributed by atoms with Gasteiger partial charge in [-0.2, -0.15) is 0 Å². The molecule has 0 unspecified atom stereocenters. The van der Waals surface area contributed by atoms with E-state index in [1.807, 2.05) is 36.6 Å². The average Bonchev–Trinajstić information content (AvgIpc) is 3.52. The van der Waals surface area contributed by atoms with Crippen LogP contribution >= 0.6 is 0 Å². The van der Waals surface area contributed by atoms with E-state index in [2.05, 4.69) is 5.16 Å². The summed E-state index contributed by atoms with van der Waals surface area (Å²) in [7, 11) is 0. The monoisotopic (exact) mass is 508 g/mol. The first kappa shape index (κ1) is 24.6. The lowest BCUT2D eigenvalue weighted by molar-refractivity contribution is -0.141. The highest BCUT2D eigenvalue weighted by molar-refractivity contribution is 5.96. The summed E-state index contributed by atoms with van der Waals surface area (Å²) in [6.45, 7) is 5.81. The van der Waals surface area contributed by atoms with Gasteiger partial charge in [-0.25, -0.2) is 13.8 Å². The van der Waals surface area contributed by atoms with E-state index in [4.69, 9.17) is 14.2 Å². The van der Waals surface area contributed by atoms with Gasteiger partial charge in [-0.05, 0) is 56.5 Å². The van der Waals surface area contributed by atoms with Crippen LogP contribution in [0.4, 0.5) is 14.5 Å². The SMILES string of the molecule is CC(=O)OCCCn1c([C@@H]2CCC(=O)N2c2ccc(F)c(F)c2)nc2cc(-c3c(C)noc3C)ccc21. The molecule has 1 atom stereocenters. The molecular weight excluding hydrogens is 482 g/mol. The van der Waals surface area contributed by atoms with Crippen LogP contribution in [0.3, 0.4) is 0 Å². The van der Waals surface area contributed by atoms with Gasteiger partial charge in [0.25, 0.3) is 0 Å². The molecule has 3 heterocycles. The van der Waals surface area contributed by atoms with E-state index in [9.17, 15) is 18.4 Å². The highest BCUT2D eigenvalue weighted by Gasteiger charge is 2.37. The van der Waals surface area contributed by atoms with Gasteiger partial charge >= 0.3 is 5.97 Å². The van der Waals surface area contributed by atoms with Gasteiger partial charge in [0.2, 0.25) is 5.91 Å². The Balaban J connectivity index is 1.59. The van der Waals surface area contributed by atoms with Gasteiger partial charge in [-0.15, -0.1) is 0 Å². The van der Waals surface area contributed by atoms with Crippen LogP contribution in [-0.4, -0.2) is 33.2 Å². The van der Waals surface area contributed by atoms with Crippen molar-refractivity contribution in [1.29, 1.82) is 0 Å². The van der Waals surface area contributed by atoms with Crippen LogP contribution in [0.2, 0.25) is 0 Å². The van der Waals surface area contributed by atoms with Crippen molar-refractivity contribution >= 4 is 28.6 Å². The van der Waals surface area contributed by atoms with Gasteiger partial charge in [-0.1, -0.05) is 11.2 Å². The molecule has 0 bridgehead atoms. The molecule has 0 N–H and O–H groups in total. The van der Waals surface area contributed by atoms with Crippen molar-refractivity contribution in [1.82, 2.24) is 14.7 Å². The molecule has 1 aliphatic rings. The molecule has 0 radical (unpaired) electrons. The lowest BCUT2D eigenvalue weighted by Gasteiger charge is -2.25. The average molecular weight is 509 g/mol. The Labute approximate surface area is 211 Å². The zero-order chi connectivity index (χ0) is 26.3. The topological polar surface area (TPSA) is 90.5 Å². The number of nitrogens with zero attached hydrogens (tertiary/aromatic N) is 4. The fraction of sp³-hybridized carbons (Fsp3) is 0.333. The van der Waals surface area contributed by atoms with E-state index in [0.29, 0.717) is 36.5 Å². The van der Waals surface area contributed by atoms with E-state index < -0.39 is 17.7 Å². The number of amides is 1. The summed E-state index contributed by atoms with van der Waals surface area (Å²) >= 11 is 0. The molecule has 1 saturated heterocycles. The number of hydrogen-bond donors (Lipinski definition) is 0. The fourth-order valence-corrected chi connectivity index (χ4v) is 5.01. The third-order valence-corrected chi connectivity index (χ3v) is 6.62. The predicted octanol–water partition coefficient (Wildman–Crippen LogP) is 5.41. The van der Waals surface area contributed by atoms with Gasteiger partial charge in [0, 0.05) is 37.2 Å². The Morgan fingerprint density at radius 1 is 1.16 bits per heavy atom. The smallest absolute Gasteiger partial charge is 0.302 e. The van der Waals surface area contributed by atoms with Crippen molar-refractivity contribution < 1.29 is 27.6 Å². The van der Waals surface area contributed by atoms with Crippen molar-refractivity contribution in [2.45, 2.75) is 52.6 Å². The van der Waals surface area contributed by atoms with Crippen molar-refractivity contribution in [2.75, 3.05) is 11.5 Å². The Hall–Kier alpha value is -4.08. The number of imidazole rings is 1. The van der Waals surface area contributed by atoms with Gasteiger partial charge in [0.05, 0.1) is 29.4 Å². The molecular formula is C27H26F2N4O4.